The summed E-state index contributed by atoms with van der Waals surface area (Å²) in [6.45, 7) is -0.0334. The summed E-state index contributed by atoms with van der Waals surface area (Å²) in [5.41, 5.74) is 0.634. The van der Waals surface area contributed by atoms with E-state index in [1.165, 1.54) is 24.3 Å². The van der Waals surface area contributed by atoms with Gasteiger partial charge in [-0.15, -0.1) is 0 Å². The molecule has 0 fully saturated rings. The molecule has 0 saturated heterocycles. The Bertz CT molecular complexity index is 740. The molecule has 4 nitrogen and oxygen atoms in total. The summed E-state index contributed by atoms with van der Waals surface area (Å²) < 4.78 is 19.3. The summed E-state index contributed by atoms with van der Waals surface area (Å²) in [7, 11) is 0. The Balaban J connectivity index is 2.23. The Morgan fingerprint density at radius 2 is 2.10 bits per heavy atom. The van der Waals surface area contributed by atoms with Gasteiger partial charge in [-0.2, -0.15) is 5.26 Å². The zero-order chi connectivity index (χ0) is 15.4. The molecule has 0 spiro atoms. The average molecular weight is 350 g/mol. The maximum atomic E-state index is 13.3. The van der Waals surface area contributed by atoms with E-state index < -0.39 is 11.8 Å². The SMILES string of the molecule is N#Cc1cc(F)cc(COc2ccc(Br)cc2C(=O)O)c1. The predicted molar refractivity (Wildman–Crippen MR) is 76.5 cm³/mol. The minimum atomic E-state index is -1.12. The van der Waals surface area contributed by atoms with Crippen LogP contribution in [0.2, 0.25) is 0 Å². The van der Waals surface area contributed by atoms with Gasteiger partial charge in [0.25, 0.3) is 0 Å². The van der Waals surface area contributed by atoms with Crippen molar-refractivity contribution in [3.8, 4) is 11.8 Å². The average Bonchev–Trinajstić information content (AvgIpc) is 2.45. The number of rotatable bonds is 4. The third-order valence-corrected chi connectivity index (χ3v) is 3.15. The first-order chi connectivity index (χ1) is 9.99. The normalized spacial score (nSPS) is 9.95. The van der Waals surface area contributed by atoms with E-state index in [9.17, 15) is 9.18 Å². The number of carbonyl (C=O) groups is 1. The van der Waals surface area contributed by atoms with Crippen molar-refractivity contribution in [3.63, 3.8) is 0 Å². The Morgan fingerprint density at radius 1 is 1.33 bits per heavy atom. The Hall–Kier alpha value is -2.39. The second-order valence-corrected chi connectivity index (χ2v) is 5.11. The van der Waals surface area contributed by atoms with E-state index in [1.807, 2.05) is 6.07 Å². The van der Waals surface area contributed by atoms with Crippen molar-refractivity contribution in [2.24, 2.45) is 0 Å². The van der Waals surface area contributed by atoms with Crippen LogP contribution in [0.25, 0.3) is 0 Å². The van der Waals surface area contributed by atoms with Gasteiger partial charge in [-0.25, -0.2) is 9.18 Å². The molecular formula is C15H9BrFNO3. The van der Waals surface area contributed by atoms with Gasteiger partial charge in [0.1, 0.15) is 23.7 Å². The summed E-state index contributed by atoms with van der Waals surface area (Å²) in [5.74, 6) is -1.49. The molecule has 0 heterocycles. The molecule has 0 unspecified atom stereocenters. The van der Waals surface area contributed by atoms with Crippen molar-refractivity contribution >= 4 is 21.9 Å². The Kier molecular flexibility index (Phi) is 4.55. The van der Waals surface area contributed by atoms with Crippen molar-refractivity contribution in [2.75, 3.05) is 0 Å². The topological polar surface area (TPSA) is 70.3 Å². The number of benzene rings is 2. The minimum absolute atomic E-state index is 0.00119. The second kappa shape index (κ2) is 6.37. The van der Waals surface area contributed by atoms with Gasteiger partial charge in [0.15, 0.2) is 0 Å². The van der Waals surface area contributed by atoms with Crippen LogP contribution < -0.4 is 4.74 Å². The second-order valence-electron chi connectivity index (χ2n) is 4.19. The molecular weight excluding hydrogens is 341 g/mol. The van der Waals surface area contributed by atoms with Gasteiger partial charge < -0.3 is 9.84 Å². The third kappa shape index (κ3) is 3.80. The van der Waals surface area contributed by atoms with Crippen LogP contribution >= 0.6 is 15.9 Å². The highest BCUT2D eigenvalue weighted by atomic mass is 79.9. The monoisotopic (exact) mass is 349 g/mol. The fraction of sp³-hybridized carbons (Fsp3) is 0.0667. The smallest absolute Gasteiger partial charge is 0.339 e. The zero-order valence-corrected chi connectivity index (χ0v) is 12.2. The Morgan fingerprint density at radius 3 is 2.76 bits per heavy atom. The van der Waals surface area contributed by atoms with Crippen molar-refractivity contribution in [1.29, 1.82) is 5.26 Å². The van der Waals surface area contributed by atoms with E-state index in [4.69, 9.17) is 15.1 Å². The summed E-state index contributed by atoms with van der Waals surface area (Å²) in [6, 6.07) is 10.3. The van der Waals surface area contributed by atoms with Gasteiger partial charge in [0.2, 0.25) is 0 Å². The number of ether oxygens (including phenoxy) is 1. The predicted octanol–water partition coefficient (Wildman–Crippen LogP) is 3.74. The molecule has 0 aliphatic heterocycles. The molecule has 1 N–H and O–H groups in total. The number of hydrogen-bond donors (Lipinski definition) is 1. The van der Waals surface area contributed by atoms with E-state index in [0.717, 1.165) is 6.07 Å². The van der Waals surface area contributed by atoms with Crippen LogP contribution in [0.1, 0.15) is 21.5 Å². The molecule has 0 radical (unpaired) electrons. The molecule has 0 aliphatic rings. The lowest BCUT2D eigenvalue weighted by Crippen LogP contribution is -2.04. The number of halogens is 2. The quantitative estimate of drug-likeness (QED) is 0.912. The van der Waals surface area contributed by atoms with Gasteiger partial charge in [-0.05, 0) is 42.0 Å². The molecule has 0 aliphatic carbocycles. The van der Waals surface area contributed by atoms with Crippen molar-refractivity contribution < 1.29 is 19.0 Å². The molecule has 0 atom stereocenters. The number of nitrogens with zero attached hydrogens (tertiary/aromatic N) is 1. The van der Waals surface area contributed by atoms with Crippen LogP contribution in [-0.2, 0) is 6.61 Å². The van der Waals surface area contributed by atoms with Crippen molar-refractivity contribution in [2.45, 2.75) is 6.61 Å². The highest BCUT2D eigenvalue weighted by Crippen LogP contribution is 2.24. The number of carboxylic acids is 1. The number of carboxylic acid groups (broad SMARTS) is 1. The van der Waals surface area contributed by atoms with Crippen LogP contribution in [0.5, 0.6) is 5.75 Å². The van der Waals surface area contributed by atoms with E-state index >= 15 is 0 Å². The molecule has 0 bridgehead atoms. The van der Waals surface area contributed by atoms with Gasteiger partial charge in [0.05, 0.1) is 11.6 Å². The minimum Gasteiger partial charge on any atom is -0.488 e. The highest BCUT2D eigenvalue weighted by Gasteiger charge is 2.12. The molecule has 2 rings (SSSR count). The zero-order valence-electron chi connectivity index (χ0n) is 10.6. The van der Waals surface area contributed by atoms with E-state index in [2.05, 4.69) is 15.9 Å². The summed E-state index contributed by atoms with van der Waals surface area (Å²) in [4.78, 5) is 11.1. The first-order valence-electron chi connectivity index (χ1n) is 5.85. The standard InChI is InChI=1S/C15H9BrFNO3/c16-11-1-2-14(13(6-11)15(19)20)21-8-10-3-9(7-18)4-12(17)5-10/h1-6H,8H2,(H,19,20). The van der Waals surface area contributed by atoms with Gasteiger partial charge in [-0.3, -0.25) is 0 Å². The van der Waals surface area contributed by atoms with Gasteiger partial charge in [0, 0.05) is 4.47 Å². The number of hydrogen-bond acceptors (Lipinski definition) is 3. The molecule has 6 heteroatoms. The van der Waals surface area contributed by atoms with E-state index in [0.29, 0.717) is 10.0 Å². The van der Waals surface area contributed by atoms with E-state index in [-0.39, 0.29) is 23.5 Å². The lowest BCUT2D eigenvalue weighted by molar-refractivity contribution is 0.0691. The lowest BCUT2D eigenvalue weighted by atomic mass is 10.1. The fourth-order valence-corrected chi connectivity index (χ4v) is 2.12. The molecule has 0 aromatic heterocycles. The molecule has 0 amide bonds. The Labute approximate surface area is 128 Å². The van der Waals surface area contributed by atoms with Crippen LogP contribution in [0, 0.1) is 17.1 Å². The summed E-state index contributed by atoms with van der Waals surface area (Å²) in [5, 5.41) is 17.9. The molecule has 21 heavy (non-hydrogen) atoms. The van der Waals surface area contributed by atoms with Gasteiger partial charge >= 0.3 is 5.97 Å². The van der Waals surface area contributed by atoms with Crippen molar-refractivity contribution in [3.05, 3.63) is 63.4 Å². The highest BCUT2D eigenvalue weighted by molar-refractivity contribution is 9.10. The van der Waals surface area contributed by atoms with Crippen LogP contribution in [0.15, 0.2) is 40.9 Å². The molecule has 2 aromatic carbocycles. The summed E-state index contributed by atoms with van der Waals surface area (Å²) in [6.07, 6.45) is 0. The van der Waals surface area contributed by atoms with Crippen LogP contribution in [0.4, 0.5) is 4.39 Å². The van der Waals surface area contributed by atoms with Crippen LogP contribution in [0.3, 0.4) is 0 Å². The molecule has 106 valence electrons. The maximum absolute atomic E-state index is 13.3. The largest absolute Gasteiger partial charge is 0.488 e. The number of nitriles is 1. The van der Waals surface area contributed by atoms with E-state index in [1.54, 1.807) is 6.07 Å². The van der Waals surface area contributed by atoms with Crippen molar-refractivity contribution in [1.82, 2.24) is 0 Å². The lowest BCUT2D eigenvalue weighted by Gasteiger charge is -2.10. The summed E-state index contributed by atoms with van der Waals surface area (Å²) >= 11 is 3.18. The molecule has 2 aromatic rings. The first kappa shape index (κ1) is 15.0. The number of aromatic carboxylic acids is 1. The first-order valence-corrected chi connectivity index (χ1v) is 6.64. The maximum Gasteiger partial charge on any atom is 0.339 e. The third-order valence-electron chi connectivity index (χ3n) is 2.65. The fourth-order valence-electron chi connectivity index (χ4n) is 1.75. The van der Waals surface area contributed by atoms with Crippen LogP contribution in [-0.4, -0.2) is 11.1 Å². The molecule has 0 saturated carbocycles. The van der Waals surface area contributed by atoms with Gasteiger partial charge in [-0.1, -0.05) is 15.9 Å².